The van der Waals surface area contributed by atoms with Gasteiger partial charge in [0.25, 0.3) is 0 Å². The molecule has 0 saturated carbocycles. The molecule has 1 aromatic carbocycles. The molecule has 0 spiro atoms. The Morgan fingerprint density at radius 2 is 2.00 bits per heavy atom. The predicted molar refractivity (Wildman–Crippen MR) is 52.9 cm³/mol. The molecule has 1 rings (SSSR count). The van der Waals surface area contributed by atoms with Crippen LogP contribution in [0.3, 0.4) is 0 Å². The van der Waals surface area contributed by atoms with Gasteiger partial charge in [0.15, 0.2) is 0 Å². The highest BCUT2D eigenvalue weighted by molar-refractivity contribution is 5.73. The van der Waals surface area contributed by atoms with E-state index < -0.39 is 0 Å². The monoisotopic (exact) mass is 176 g/mol. The molecule has 0 aromatic heterocycles. The lowest BCUT2D eigenvalue weighted by atomic mass is 10.1. The summed E-state index contributed by atoms with van der Waals surface area (Å²) in [6.07, 6.45) is 4.34. The summed E-state index contributed by atoms with van der Waals surface area (Å²) >= 11 is 0. The lowest BCUT2D eigenvalue weighted by Crippen LogP contribution is -2.09. The number of primary amides is 1. The molecule has 0 aliphatic carbocycles. The van der Waals surface area contributed by atoms with E-state index in [0.717, 1.165) is 12.8 Å². The summed E-state index contributed by atoms with van der Waals surface area (Å²) in [4.78, 5) is 10.4. The zero-order valence-electron chi connectivity index (χ0n) is 7.57. The molecule has 1 aromatic rings. The highest BCUT2D eigenvalue weighted by Crippen LogP contribution is 2.07. The average Bonchev–Trinajstić information content (AvgIpc) is 2.14. The molecular formula is C11H14NO. The van der Waals surface area contributed by atoms with E-state index in [4.69, 9.17) is 5.73 Å². The summed E-state index contributed by atoms with van der Waals surface area (Å²) < 4.78 is 0. The molecule has 0 atom stereocenters. The number of hydrogen-bond acceptors (Lipinski definition) is 1. The third-order valence-corrected chi connectivity index (χ3v) is 1.81. The van der Waals surface area contributed by atoms with Gasteiger partial charge in [-0.25, -0.2) is 0 Å². The van der Waals surface area contributed by atoms with Crippen molar-refractivity contribution in [2.24, 2.45) is 5.73 Å². The van der Waals surface area contributed by atoms with Gasteiger partial charge in [0.05, 0.1) is 0 Å². The van der Waals surface area contributed by atoms with Crippen LogP contribution in [0.1, 0.15) is 24.8 Å². The number of benzene rings is 1. The second-order valence-electron chi connectivity index (χ2n) is 2.97. The highest BCUT2D eigenvalue weighted by Gasteiger charge is 1.95. The van der Waals surface area contributed by atoms with Crippen LogP contribution >= 0.6 is 0 Å². The molecule has 1 amide bonds. The van der Waals surface area contributed by atoms with Gasteiger partial charge in [-0.15, -0.1) is 0 Å². The molecule has 0 heterocycles. The van der Waals surface area contributed by atoms with Crippen molar-refractivity contribution in [1.29, 1.82) is 0 Å². The van der Waals surface area contributed by atoms with Gasteiger partial charge < -0.3 is 5.73 Å². The minimum absolute atomic E-state index is 0.221. The molecular weight excluding hydrogens is 162 g/mol. The maximum Gasteiger partial charge on any atom is 0.217 e. The van der Waals surface area contributed by atoms with E-state index in [1.165, 1.54) is 5.56 Å². The third-order valence-electron chi connectivity index (χ3n) is 1.81. The summed E-state index contributed by atoms with van der Waals surface area (Å²) in [5.74, 6) is -0.221. The van der Waals surface area contributed by atoms with E-state index in [0.29, 0.717) is 6.42 Å². The lowest BCUT2D eigenvalue weighted by molar-refractivity contribution is -0.118. The smallest absolute Gasteiger partial charge is 0.217 e. The molecule has 2 nitrogen and oxygen atoms in total. The largest absolute Gasteiger partial charge is 0.370 e. The van der Waals surface area contributed by atoms with Gasteiger partial charge in [-0.1, -0.05) is 30.3 Å². The van der Waals surface area contributed by atoms with Gasteiger partial charge in [-0.3, -0.25) is 4.79 Å². The van der Waals surface area contributed by atoms with Crippen molar-refractivity contribution in [3.63, 3.8) is 0 Å². The second-order valence-corrected chi connectivity index (χ2v) is 2.97. The van der Waals surface area contributed by atoms with Gasteiger partial charge in [-0.05, 0) is 24.8 Å². The van der Waals surface area contributed by atoms with Crippen LogP contribution in [0.15, 0.2) is 30.3 Å². The van der Waals surface area contributed by atoms with Crippen molar-refractivity contribution in [3.05, 3.63) is 42.3 Å². The number of unbranched alkanes of at least 4 members (excludes halogenated alkanes) is 1. The third kappa shape index (κ3) is 4.31. The number of hydrogen-bond donors (Lipinski definition) is 1. The maximum absolute atomic E-state index is 10.4. The fraction of sp³-hybridized carbons (Fsp3) is 0.273. The number of rotatable bonds is 5. The summed E-state index contributed by atoms with van der Waals surface area (Å²) in [7, 11) is 0. The van der Waals surface area contributed by atoms with Crippen molar-refractivity contribution >= 4 is 5.91 Å². The Kier molecular flexibility index (Phi) is 4.03. The molecule has 0 fully saturated rings. The Bertz CT molecular complexity index is 256. The molecule has 0 unspecified atom stereocenters. The van der Waals surface area contributed by atoms with E-state index in [1.807, 2.05) is 30.3 Å². The highest BCUT2D eigenvalue weighted by atomic mass is 16.1. The fourth-order valence-corrected chi connectivity index (χ4v) is 1.13. The zero-order valence-corrected chi connectivity index (χ0v) is 7.57. The van der Waals surface area contributed by atoms with E-state index in [-0.39, 0.29) is 5.91 Å². The number of carbonyl (C=O) groups is 1. The fourth-order valence-electron chi connectivity index (χ4n) is 1.13. The number of carbonyl (C=O) groups excluding carboxylic acids is 1. The number of amides is 1. The van der Waals surface area contributed by atoms with Crippen molar-refractivity contribution in [3.8, 4) is 0 Å². The van der Waals surface area contributed by atoms with Crippen LogP contribution in [0.4, 0.5) is 0 Å². The first-order valence-electron chi connectivity index (χ1n) is 4.45. The van der Waals surface area contributed by atoms with Crippen LogP contribution in [-0.2, 0) is 4.79 Å². The molecule has 0 bridgehead atoms. The number of nitrogens with two attached hydrogens (primary N) is 1. The van der Waals surface area contributed by atoms with Gasteiger partial charge in [-0.2, -0.15) is 0 Å². The Hall–Kier alpha value is -1.31. The molecule has 2 heteroatoms. The van der Waals surface area contributed by atoms with Gasteiger partial charge in [0, 0.05) is 6.42 Å². The standard InChI is InChI=1S/C11H14NO/c12-11(13)9-5-4-8-10-6-2-1-3-7-10/h1-3,6-8H,4-5,9H2,(H2,12,13). The molecule has 0 aliphatic heterocycles. The molecule has 13 heavy (non-hydrogen) atoms. The van der Waals surface area contributed by atoms with Gasteiger partial charge in [0.2, 0.25) is 5.91 Å². The summed E-state index contributed by atoms with van der Waals surface area (Å²) in [6.45, 7) is 0. The van der Waals surface area contributed by atoms with Crippen molar-refractivity contribution < 1.29 is 4.79 Å². The Morgan fingerprint density at radius 3 is 2.62 bits per heavy atom. The van der Waals surface area contributed by atoms with Crippen LogP contribution in [0.2, 0.25) is 0 Å². The quantitative estimate of drug-likeness (QED) is 0.684. The molecule has 2 N–H and O–H groups in total. The van der Waals surface area contributed by atoms with E-state index >= 15 is 0 Å². The Morgan fingerprint density at radius 1 is 1.31 bits per heavy atom. The normalized spacial score (nSPS) is 9.85. The topological polar surface area (TPSA) is 43.1 Å². The van der Waals surface area contributed by atoms with Crippen molar-refractivity contribution in [2.75, 3.05) is 0 Å². The van der Waals surface area contributed by atoms with Crippen LogP contribution in [-0.4, -0.2) is 5.91 Å². The predicted octanol–water partition coefficient (Wildman–Crippen LogP) is 1.89. The van der Waals surface area contributed by atoms with E-state index in [9.17, 15) is 4.79 Å². The molecule has 1 radical (unpaired) electrons. The first-order valence-corrected chi connectivity index (χ1v) is 4.45. The first kappa shape index (κ1) is 9.78. The molecule has 69 valence electrons. The van der Waals surface area contributed by atoms with Gasteiger partial charge in [0.1, 0.15) is 0 Å². The summed E-state index contributed by atoms with van der Waals surface area (Å²) in [5.41, 5.74) is 6.22. The van der Waals surface area contributed by atoms with Crippen molar-refractivity contribution in [2.45, 2.75) is 19.3 Å². The Balaban J connectivity index is 2.17. The van der Waals surface area contributed by atoms with Gasteiger partial charge >= 0.3 is 0 Å². The minimum Gasteiger partial charge on any atom is -0.370 e. The van der Waals surface area contributed by atoms with E-state index in [1.54, 1.807) is 0 Å². The average molecular weight is 176 g/mol. The van der Waals surface area contributed by atoms with Crippen molar-refractivity contribution in [1.82, 2.24) is 0 Å². The van der Waals surface area contributed by atoms with Crippen LogP contribution in [0.25, 0.3) is 0 Å². The summed E-state index contributed by atoms with van der Waals surface area (Å²) in [5, 5.41) is 0. The maximum atomic E-state index is 10.4. The van der Waals surface area contributed by atoms with Crippen LogP contribution < -0.4 is 5.73 Å². The van der Waals surface area contributed by atoms with Crippen LogP contribution in [0, 0.1) is 6.42 Å². The lowest BCUT2D eigenvalue weighted by Gasteiger charge is -1.98. The van der Waals surface area contributed by atoms with E-state index in [2.05, 4.69) is 6.42 Å². The van der Waals surface area contributed by atoms with Crippen LogP contribution in [0.5, 0.6) is 0 Å². The molecule has 0 aliphatic rings. The Labute approximate surface area is 78.8 Å². The second kappa shape index (κ2) is 5.36. The first-order chi connectivity index (χ1) is 6.29. The SMILES string of the molecule is NC(=O)CCC[CH]c1ccccc1. The zero-order chi connectivity index (χ0) is 9.52. The molecule has 0 saturated heterocycles. The minimum atomic E-state index is -0.221. The summed E-state index contributed by atoms with van der Waals surface area (Å²) in [6, 6.07) is 10.1.